The van der Waals surface area contributed by atoms with Crippen LogP contribution in [0.5, 0.6) is 0 Å². The van der Waals surface area contributed by atoms with Gasteiger partial charge in [0.25, 0.3) is 0 Å². The number of carbonyl (C=O) groups excluding carboxylic acids is 2. The summed E-state index contributed by atoms with van der Waals surface area (Å²) < 4.78 is 5.33. The van der Waals surface area contributed by atoms with Crippen LogP contribution in [0.2, 0.25) is 0 Å². The van der Waals surface area contributed by atoms with E-state index in [1.54, 1.807) is 38.3 Å². The average molecular weight is 424 g/mol. The van der Waals surface area contributed by atoms with Crippen molar-refractivity contribution in [2.75, 3.05) is 5.32 Å². The van der Waals surface area contributed by atoms with Gasteiger partial charge in [0.15, 0.2) is 0 Å². The van der Waals surface area contributed by atoms with Crippen molar-refractivity contribution in [1.29, 1.82) is 0 Å². The van der Waals surface area contributed by atoms with E-state index in [1.165, 1.54) is 0 Å². The third-order valence-corrected chi connectivity index (χ3v) is 4.94. The minimum Gasteiger partial charge on any atom is -0.444 e. The van der Waals surface area contributed by atoms with E-state index in [1.807, 2.05) is 60.0 Å². The topological polar surface area (TPSA) is 80.3 Å². The highest BCUT2D eigenvalue weighted by Crippen LogP contribution is 2.23. The molecular formula is C23H25N3O3S. The molecule has 7 heteroatoms. The molecule has 156 valence electrons. The van der Waals surface area contributed by atoms with Crippen LogP contribution in [-0.2, 0) is 16.0 Å². The third-order valence-electron chi connectivity index (χ3n) is 4.12. The highest BCUT2D eigenvalue weighted by molar-refractivity contribution is 7.13. The molecule has 3 rings (SSSR count). The van der Waals surface area contributed by atoms with Gasteiger partial charge >= 0.3 is 6.09 Å². The van der Waals surface area contributed by atoms with Crippen molar-refractivity contribution in [2.24, 2.45) is 0 Å². The van der Waals surface area contributed by atoms with Gasteiger partial charge in [-0.2, -0.15) is 0 Å². The smallest absolute Gasteiger partial charge is 0.408 e. The largest absolute Gasteiger partial charge is 0.444 e. The van der Waals surface area contributed by atoms with E-state index in [0.29, 0.717) is 12.1 Å². The van der Waals surface area contributed by atoms with Gasteiger partial charge in [-0.1, -0.05) is 30.3 Å². The number of hydrogen-bond acceptors (Lipinski definition) is 5. The van der Waals surface area contributed by atoms with E-state index in [4.69, 9.17) is 4.74 Å². The Kier molecular flexibility index (Phi) is 6.84. The normalized spacial score (nSPS) is 12.1. The maximum atomic E-state index is 12.9. The number of amides is 2. The third kappa shape index (κ3) is 6.42. The molecule has 0 fully saturated rings. The summed E-state index contributed by atoms with van der Waals surface area (Å²) in [4.78, 5) is 29.5. The minimum absolute atomic E-state index is 0.313. The molecule has 2 N–H and O–H groups in total. The summed E-state index contributed by atoms with van der Waals surface area (Å²) in [6.45, 7) is 5.34. The van der Waals surface area contributed by atoms with Crippen LogP contribution < -0.4 is 10.6 Å². The lowest BCUT2D eigenvalue weighted by molar-refractivity contribution is -0.118. The van der Waals surface area contributed by atoms with Crippen molar-refractivity contribution in [2.45, 2.75) is 38.8 Å². The molecule has 30 heavy (non-hydrogen) atoms. The molecule has 0 aliphatic rings. The van der Waals surface area contributed by atoms with Gasteiger partial charge < -0.3 is 15.4 Å². The number of benzene rings is 2. The maximum absolute atomic E-state index is 12.9. The van der Waals surface area contributed by atoms with E-state index < -0.39 is 17.7 Å². The summed E-state index contributed by atoms with van der Waals surface area (Å²) in [5.41, 5.74) is 1.91. The molecule has 0 aliphatic carbocycles. The van der Waals surface area contributed by atoms with Crippen molar-refractivity contribution in [1.82, 2.24) is 10.3 Å². The lowest BCUT2D eigenvalue weighted by Gasteiger charge is -2.23. The van der Waals surface area contributed by atoms with Crippen molar-refractivity contribution in [3.05, 3.63) is 71.7 Å². The Morgan fingerprint density at radius 3 is 2.37 bits per heavy atom. The van der Waals surface area contributed by atoms with Crippen LogP contribution in [0, 0.1) is 0 Å². The zero-order valence-electron chi connectivity index (χ0n) is 17.2. The number of carbonyl (C=O) groups is 2. The van der Waals surface area contributed by atoms with E-state index >= 15 is 0 Å². The van der Waals surface area contributed by atoms with Crippen LogP contribution in [0.1, 0.15) is 26.3 Å². The van der Waals surface area contributed by atoms with E-state index in [-0.39, 0.29) is 5.91 Å². The molecule has 0 saturated heterocycles. The molecule has 0 aliphatic heterocycles. The van der Waals surface area contributed by atoms with Gasteiger partial charge in [-0.05, 0) is 50.6 Å². The van der Waals surface area contributed by atoms with E-state index in [2.05, 4.69) is 15.6 Å². The van der Waals surface area contributed by atoms with E-state index in [0.717, 1.165) is 16.1 Å². The lowest BCUT2D eigenvalue weighted by atomic mass is 10.1. The number of nitrogens with one attached hydrogen (secondary N) is 2. The van der Waals surface area contributed by atoms with E-state index in [9.17, 15) is 9.59 Å². The summed E-state index contributed by atoms with van der Waals surface area (Å²) in [6, 6.07) is 16.2. The standard InChI is InChI=1S/C23H25N3O3S/c1-23(2,3)29-22(28)26-19(15-16-7-5-4-6-8-16)20(27)25-18-11-9-17(10-12-18)21-24-13-14-30-21/h4-14,19H,15H2,1-3H3,(H,25,27)(H,26,28)/t19-/m0/s1. The van der Waals surface area contributed by atoms with Gasteiger partial charge in [0.05, 0.1) is 0 Å². The lowest BCUT2D eigenvalue weighted by Crippen LogP contribution is -2.47. The second kappa shape index (κ2) is 9.54. The molecule has 3 aromatic rings. The fraction of sp³-hybridized carbons (Fsp3) is 0.261. The predicted molar refractivity (Wildman–Crippen MR) is 119 cm³/mol. The first-order valence-electron chi connectivity index (χ1n) is 9.64. The number of anilines is 1. The molecular weight excluding hydrogens is 398 g/mol. The van der Waals surface area contributed by atoms with Crippen LogP contribution in [0.4, 0.5) is 10.5 Å². The first kappa shape index (κ1) is 21.5. The highest BCUT2D eigenvalue weighted by Gasteiger charge is 2.25. The molecule has 0 bridgehead atoms. The number of nitrogens with zero attached hydrogens (tertiary/aromatic N) is 1. The molecule has 1 atom stereocenters. The molecule has 0 unspecified atom stereocenters. The molecule has 1 aromatic heterocycles. The van der Waals surface area contributed by atoms with Gasteiger partial charge in [0.1, 0.15) is 16.7 Å². The Hall–Kier alpha value is -3.19. The predicted octanol–water partition coefficient (Wildman–Crippen LogP) is 4.88. The Balaban J connectivity index is 1.71. The summed E-state index contributed by atoms with van der Waals surface area (Å²) in [5, 5.41) is 8.41. The van der Waals surface area contributed by atoms with Gasteiger partial charge in [-0.15, -0.1) is 11.3 Å². The van der Waals surface area contributed by atoms with Crippen molar-refractivity contribution in [3.8, 4) is 10.6 Å². The zero-order valence-corrected chi connectivity index (χ0v) is 18.0. The van der Waals surface area contributed by atoms with Crippen LogP contribution >= 0.6 is 11.3 Å². The molecule has 2 aromatic carbocycles. The second-order valence-corrected chi connectivity index (χ2v) is 8.69. The quantitative estimate of drug-likeness (QED) is 0.592. The fourth-order valence-electron chi connectivity index (χ4n) is 2.80. The van der Waals surface area contributed by atoms with Crippen molar-refractivity contribution >= 4 is 29.0 Å². The SMILES string of the molecule is CC(C)(C)OC(=O)N[C@@H](Cc1ccccc1)C(=O)Nc1ccc(-c2nccs2)cc1. The molecule has 0 spiro atoms. The number of alkyl carbamates (subject to hydrolysis) is 1. The Bertz CT molecular complexity index is 965. The first-order chi connectivity index (χ1) is 14.3. The molecule has 6 nitrogen and oxygen atoms in total. The second-order valence-electron chi connectivity index (χ2n) is 7.79. The van der Waals surface area contributed by atoms with Crippen LogP contribution in [-0.4, -0.2) is 28.6 Å². The van der Waals surface area contributed by atoms with Crippen LogP contribution in [0.25, 0.3) is 10.6 Å². The molecule has 1 heterocycles. The van der Waals surface area contributed by atoms with Gasteiger partial charge in [-0.25, -0.2) is 9.78 Å². The molecule has 0 radical (unpaired) electrons. The van der Waals surface area contributed by atoms with Gasteiger partial charge in [-0.3, -0.25) is 4.79 Å². The number of aromatic nitrogens is 1. The van der Waals surface area contributed by atoms with Crippen molar-refractivity contribution < 1.29 is 14.3 Å². The van der Waals surface area contributed by atoms with Crippen LogP contribution in [0.3, 0.4) is 0 Å². The first-order valence-corrected chi connectivity index (χ1v) is 10.5. The number of ether oxygens (including phenoxy) is 1. The average Bonchev–Trinajstić information content (AvgIpc) is 3.22. The Labute approximate surface area is 180 Å². The van der Waals surface area contributed by atoms with Crippen molar-refractivity contribution in [3.63, 3.8) is 0 Å². The fourth-order valence-corrected chi connectivity index (χ4v) is 3.44. The number of rotatable bonds is 6. The molecule has 2 amide bonds. The maximum Gasteiger partial charge on any atom is 0.408 e. The summed E-state index contributed by atoms with van der Waals surface area (Å²) in [7, 11) is 0. The van der Waals surface area contributed by atoms with Gasteiger partial charge in [0, 0.05) is 29.2 Å². The monoisotopic (exact) mass is 423 g/mol. The van der Waals surface area contributed by atoms with Gasteiger partial charge in [0.2, 0.25) is 5.91 Å². The van der Waals surface area contributed by atoms with Crippen LogP contribution in [0.15, 0.2) is 66.2 Å². The number of thiazole rings is 1. The Morgan fingerprint density at radius 2 is 1.77 bits per heavy atom. The summed E-state index contributed by atoms with van der Waals surface area (Å²) >= 11 is 1.55. The summed E-state index contributed by atoms with van der Waals surface area (Å²) in [5.74, 6) is -0.313. The number of hydrogen-bond donors (Lipinski definition) is 2. The Morgan fingerprint density at radius 1 is 1.07 bits per heavy atom. The highest BCUT2D eigenvalue weighted by atomic mass is 32.1. The molecule has 0 saturated carbocycles. The minimum atomic E-state index is -0.777. The zero-order chi connectivity index (χ0) is 21.6. The summed E-state index contributed by atoms with van der Waals surface area (Å²) in [6.07, 6.45) is 1.48.